The fourth-order valence-corrected chi connectivity index (χ4v) is 1.18. The fourth-order valence-electron chi connectivity index (χ4n) is 1.18. The van der Waals surface area contributed by atoms with Gasteiger partial charge in [-0.3, -0.25) is 0 Å². The number of ether oxygens (including phenoxy) is 1. The molecule has 0 aliphatic rings. The van der Waals surface area contributed by atoms with Crippen LogP contribution in [0.15, 0.2) is 24.3 Å². The van der Waals surface area contributed by atoms with Crippen LogP contribution in [0.2, 0.25) is 0 Å². The molecule has 0 heterocycles. The Hall–Kier alpha value is -1.14. The van der Waals surface area contributed by atoms with Crippen molar-refractivity contribution >= 4 is 0 Å². The average molecular weight is 251 g/mol. The van der Waals surface area contributed by atoms with Crippen molar-refractivity contribution in [2.75, 3.05) is 6.61 Å². The summed E-state index contributed by atoms with van der Waals surface area (Å²) in [5, 5.41) is 0. The van der Waals surface area contributed by atoms with Gasteiger partial charge in [0.25, 0.3) is 0 Å². The lowest BCUT2D eigenvalue weighted by Gasteiger charge is -2.19. The lowest BCUT2D eigenvalue weighted by molar-refractivity contribution is -0.215. The van der Waals surface area contributed by atoms with E-state index >= 15 is 0 Å². The molecule has 0 spiro atoms. The van der Waals surface area contributed by atoms with Gasteiger partial charge in [-0.25, -0.2) is 4.39 Å². The zero-order chi connectivity index (χ0) is 13.1. The van der Waals surface area contributed by atoms with E-state index in [1.807, 2.05) is 0 Å². The van der Waals surface area contributed by atoms with Gasteiger partial charge in [-0.2, -0.15) is 13.2 Å². The van der Waals surface area contributed by atoms with Gasteiger partial charge in [-0.1, -0.05) is 12.1 Å². The van der Waals surface area contributed by atoms with Crippen LogP contribution in [-0.2, 0) is 4.74 Å². The van der Waals surface area contributed by atoms with E-state index in [0.717, 1.165) is 6.92 Å². The molecule has 0 fully saturated rings. The molecule has 0 aromatic heterocycles. The van der Waals surface area contributed by atoms with Crippen molar-refractivity contribution in [2.45, 2.75) is 25.2 Å². The van der Waals surface area contributed by atoms with E-state index in [4.69, 9.17) is 5.73 Å². The molecule has 0 amide bonds. The SMILES string of the molecule is CC(OCC(N)c1cccc(F)c1)C(F)(F)F. The smallest absolute Gasteiger partial charge is 0.367 e. The third-order valence-electron chi connectivity index (χ3n) is 2.26. The van der Waals surface area contributed by atoms with Crippen LogP contribution in [0, 0.1) is 5.82 Å². The standard InChI is InChI=1S/C11H13F4NO/c1-7(11(13,14)15)17-6-10(16)8-3-2-4-9(12)5-8/h2-5,7,10H,6,16H2,1H3. The molecule has 1 aromatic rings. The average Bonchev–Trinajstić information content (AvgIpc) is 2.24. The molecule has 0 saturated carbocycles. The first kappa shape index (κ1) is 13.9. The number of halogens is 4. The molecule has 96 valence electrons. The van der Waals surface area contributed by atoms with Crippen LogP contribution in [0.5, 0.6) is 0 Å². The molecule has 6 heteroatoms. The molecule has 0 radical (unpaired) electrons. The molecular weight excluding hydrogens is 238 g/mol. The summed E-state index contributed by atoms with van der Waals surface area (Å²) in [5.41, 5.74) is 6.00. The number of hydrogen-bond donors (Lipinski definition) is 1. The molecule has 0 aliphatic carbocycles. The highest BCUT2D eigenvalue weighted by Crippen LogP contribution is 2.23. The molecule has 0 bridgehead atoms. The molecule has 1 aromatic carbocycles. The van der Waals surface area contributed by atoms with Crippen LogP contribution in [0.1, 0.15) is 18.5 Å². The molecular formula is C11H13F4NO. The maximum Gasteiger partial charge on any atom is 0.414 e. The monoisotopic (exact) mass is 251 g/mol. The van der Waals surface area contributed by atoms with Crippen molar-refractivity contribution in [3.63, 3.8) is 0 Å². The summed E-state index contributed by atoms with van der Waals surface area (Å²) in [7, 11) is 0. The van der Waals surface area contributed by atoms with Gasteiger partial charge in [0.2, 0.25) is 0 Å². The Morgan fingerprint density at radius 3 is 2.53 bits per heavy atom. The van der Waals surface area contributed by atoms with Gasteiger partial charge in [-0.05, 0) is 24.6 Å². The van der Waals surface area contributed by atoms with Crippen LogP contribution in [-0.4, -0.2) is 18.9 Å². The second-order valence-electron chi connectivity index (χ2n) is 3.68. The second-order valence-corrected chi connectivity index (χ2v) is 3.68. The third kappa shape index (κ3) is 4.32. The molecule has 17 heavy (non-hydrogen) atoms. The Morgan fingerprint density at radius 1 is 1.35 bits per heavy atom. The Labute approximate surface area is 96.4 Å². The van der Waals surface area contributed by atoms with E-state index in [-0.39, 0.29) is 6.61 Å². The Bertz CT molecular complexity index is 367. The summed E-state index contributed by atoms with van der Waals surface area (Å²) in [6.07, 6.45) is -6.30. The van der Waals surface area contributed by atoms with E-state index < -0.39 is 24.1 Å². The van der Waals surface area contributed by atoms with Crippen molar-refractivity contribution in [3.05, 3.63) is 35.6 Å². The van der Waals surface area contributed by atoms with Crippen molar-refractivity contribution in [1.29, 1.82) is 0 Å². The predicted molar refractivity (Wildman–Crippen MR) is 54.8 cm³/mol. The molecule has 0 saturated heterocycles. The molecule has 1 rings (SSSR count). The Balaban J connectivity index is 2.53. The summed E-state index contributed by atoms with van der Waals surface area (Å²) in [5.74, 6) is -0.484. The minimum absolute atomic E-state index is 0.315. The Morgan fingerprint density at radius 2 is 2.00 bits per heavy atom. The first-order chi connectivity index (χ1) is 7.80. The number of nitrogens with two attached hydrogens (primary N) is 1. The number of alkyl halides is 3. The molecule has 2 atom stereocenters. The zero-order valence-corrected chi connectivity index (χ0v) is 9.17. The Kier molecular flexibility index (Phi) is 4.47. The minimum Gasteiger partial charge on any atom is -0.367 e. The second kappa shape index (κ2) is 5.46. The van der Waals surface area contributed by atoms with Crippen LogP contribution in [0.4, 0.5) is 17.6 Å². The van der Waals surface area contributed by atoms with Crippen molar-refractivity contribution in [1.82, 2.24) is 0 Å². The maximum atomic E-state index is 12.8. The van der Waals surface area contributed by atoms with Crippen LogP contribution in [0.3, 0.4) is 0 Å². The molecule has 2 unspecified atom stereocenters. The normalized spacial score (nSPS) is 15.6. The van der Waals surface area contributed by atoms with E-state index in [0.29, 0.717) is 5.56 Å². The van der Waals surface area contributed by atoms with Gasteiger partial charge in [0, 0.05) is 0 Å². The van der Waals surface area contributed by atoms with Crippen LogP contribution >= 0.6 is 0 Å². The number of rotatable bonds is 4. The lowest BCUT2D eigenvalue weighted by Crippen LogP contribution is -2.31. The highest BCUT2D eigenvalue weighted by molar-refractivity contribution is 5.19. The van der Waals surface area contributed by atoms with Gasteiger partial charge in [-0.15, -0.1) is 0 Å². The summed E-state index contributed by atoms with van der Waals surface area (Å²) >= 11 is 0. The van der Waals surface area contributed by atoms with E-state index in [1.54, 1.807) is 0 Å². The minimum atomic E-state index is -4.42. The van der Waals surface area contributed by atoms with Crippen LogP contribution < -0.4 is 5.73 Å². The third-order valence-corrected chi connectivity index (χ3v) is 2.26. The lowest BCUT2D eigenvalue weighted by atomic mass is 10.1. The summed E-state index contributed by atoms with van der Waals surface area (Å²) < 4.78 is 53.9. The van der Waals surface area contributed by atoms with E-state index in [9.17, 15) is 17.6 Å². The number of hydrogen-bond acceptors (Lipinski definition) is 2. The summed E-state index contributed by atoms with van der Waals surface area (Å²) in [6.45, 7) is 0.586. The first-order valence-corrected chi connectivity index (χ1v) is 5.00. The zero-order valence-electron chi connectivity index (χ0n) is 9.17. The summed E-state index contributed by atoms with van der Waals surface area (Å²) in [4.78, 5) is 0. The molecule has 2 nitrogen and oxygen atoms in total. The van der Waals surface area contributed by atoms with Crippen molar-refractivity contribution in [2.24, 2.45) is 5.73 Å². The maximum absolute atomic E-state index is 12.8. The largest absolute Gasteiger partial charge is 0.414 e. The number of benzene rings is 1. The van der Waals surface area contributed by atoms with Gasteiger partial charge in [0.15, 0.2) is 6.10 Å². The topological polar surface area (TPSA) is 35.2 Å². The highest BCUT2D eigenvalue weighted by atomic mass is 19.4. The highest BCUT2D eigenvalue weighted by Gasteiger charge is 2.37. The van der Waals surface area contributed by atoms with Crippen LogP contribution in [0.25, 0.3) is 0 Å². The fraction of sp³-hybridized carbons (Fsp3) is 0.455. The quantitative estimate of drug-likeness (QED) is 0.835. The van der Waals surface area contributed by atoms with E-state index in [1.165, 1.54) is 24.3 Å². The summed E-state index contributed by atoms with van der Waals surface area (Å²) in [6, 6.07) is 4.60. The first-order valence-electron chi connectivity index (χ1n) is 5.00. The van der Waals surface area contributed by atoms with Gasteiger partial charge in [0.05, 0.1) is 12.6 Å². The van der Waals surface area contributed by atoms with Gasteiger partial charge < -0.3 is 10.5 Å². The van der Waals surface area contributed by atoms with Crippen molar-refractivity contribution in [3.8, 4) is 0 Å². The van der Waals surface area contributed by atoms with E-state index in [2.05, 4.69) is 4.74 Å². The molecule has 2 N–H and O–H groups in total. The molecule has 0 aliphatic heterocycles. The van der Waals surface area contributed by atoms with Gasteiger partial charge >= 0.3 is 6.18 Å². The van der Waals surface area contributed by atoms with Gasteiger partial charge in [0.1, 0.15) is 5.82 Å². The van der Waals surface area contributed by atoms with Crippen molar-refractivity contribution < 1.29 is 22.3 Å². The predicted octanol–water partition coefficient (Wildman–Crippen LogP) is 2.79.